The summed E-state index contributed by atoms with van der Waals surface area (Å²) in [6, 6.07) is 14.8. The number of ether oxygens (including phenoxy) is 2. The molecule has 0 unspecified atom stereocenters. The number of carbonyl (C=O) groups is 1. The van der Waals surface area contributed by atoms with E-state index in [0.29, 0.717) is 12.6 Å². The lowest BCUT2D eigenvalue weighted by Crippen LogP contribution is -2.39. The van der Waals surface area contributed by atoms with Gasteiger partial charge in [0, 0.05) is 31.5 Å². The molecule has 6 heteroatoms. The summed E-state index contributed by atoms with van der Waals surface area (Å²) in [5.74, 6) is 0.0665. The summed E-state index contributed by atoms with van der Waals surface area (Å²) in [6.45, 7) is 9.31. The van der Waals surface area contributed by atoms with Crippen molar-refractivity contribution in [3.63, 3.8) is 0 Å². The van der Waals surface area contributed by atoms with E-state index < -0.39 is 5.97 Å². The Morgan fingerprint density at radius 3 is 2.47 bits per heavy atom. The van der Waals surface area contributed by atoms with Crippen molar-refractivity contribution in [3.05, 3.63) is 48.0 Å². The number of nitrogens with one attached hydrogen (secondary N) is 1. The van der Waals surface area contributed by atoms with Crippen LogP contribution in [0.15, 0.2) is 42.5 Å². The lowest BCUT2D eigenvalue weighted by molar-refractivity contribution is -0.137. The molecule has 0 amide bonds. The van der Waals surface area contributed by atoms with Crippen LogP contribution < -0.4 is 15.0 Å². The number of nitrogens with zero attached hydrogens (tertiary/aromatic N) is 1. The first-order chi connectivity index (χ1) is 15.5. The van der Waals surface area contributed by atoms with E-state index in [1.54, 1.807) is 0 Å². The van der Waals surface area contributed by atoms with Gasteiger partial charge in [-0.05, 0) is 81.0 Å². The summed E-state index contributed by atoms with van der Waals surface area (Å²) < 4.78 is 11.1. The highest BCUT2D eigenvalue weighted by molar-refractivity contribution is 5.77. The summed E-state index contributed by atoms with van der Waals surface area (Å²) >= 11 is 0. The monoisotopic (exact) mass is 440 g/mol. The lowest BCUT2D eigenvalue weighted by Gasteiger charge is -2.37. The maximum atomic E-state index is 11.4. The smallest absolute Gasteiger partial charge is 0.303 e. The first kappa shape index (κ1) is 23.9. The molecule has 1 atom stereocenters. The number of carboxylic acid groups (broad SMARTS) is 1. The van der Waals surface area contributed by atoms with Crippen LogP contribution in [0.3, 0.4) is 0 Å². The zero-order valence-corrected chi connectivity index (χ0v) is 19.5. The highest BCUT2D eigenvalue weighted by Crippen LogP contribution is 2.36. The minimum absolute atomic E-state index is 0.0133. The fourth-order valence-electron chi connectivity index (χ4n) is 4.45. The largest absolute Gasteiger partial charge is 0.494 e. The fraction of sp³-hybridized carbons (Fsp3) is 0.500. The average molecular weight is 441 g/mol. The standard InChI is InChI=1S/C26H36N2O4/c1-4-19(18-26(29)30)20-7-12-25(28(5-2)22-13-15-31-16-14-22)24(17-20)27-21-8-10-23(11-9-21)32-6-3/h7-12,17,19,22,27H,4-6,13-16,18H2,1-3H3,(H,29,30)/t19-/m1/s1. The van der Waals surface area contributed by atoms with Crippen molar-refractivity contribution < 1.29 is 19.4 Å². The Morgan fingerprint density at radius 2 is 1.88 bits per heavy atom. The third-order valence-corrected chi connectivity index (χ3v) is 6.13. The van der Waals surface area contributed by atoms with E-state index in [-0.39, 0.29) is 12.3 Å². The molecule has 1 aliphatic heterocycles. The van der Waals surface area contributed by atoms with Crippen molar-refractivity contribution in [1.29, 1.82) is 0 Å². The van der Waals surface area contributed by atoms with Crippen LogP contribution in [-0.4, -0.2) is 43.5 Å². The van der Waals surface area contributed by atoms with Crippen molar-refractivity contribution in [2.45, 2.75) is 58.4 Å². The molecule has 0 aromatic heterocycles. The van der Waals surface area contributed by atoms with Crippen LogP contribution in [-0.2, 0) is 9.53 Å². The molecule has 0 bridgehead atoms. The Balaban J connectivity index is 1.96. The Kier molecular flexibility index (Phi) is 8.80. The Labute approximate surface area is 191 Å². The molecule has 1 aliphatic rings. The second-order valence-electron chi connectivity index (χ2n) is 8.19. The highest BCUT2D eigenvalue weighted by atomic mass is 16.5. The van der Waals surface area contributed by atoms with Crippen LogP contribution in [0.25, 0.3) is 0 Å². The van der Waals surface area contributed by atoms with Crippen LogP contribution in [0.4, 0.5) is 17.1 Å². The Morgan fingerprint density at radius 1 is 1.16 bits per heavy atom. The van der Waals surface area contributed by atoms with E-state index >= 15 is 0 Å². The zero-order chi connectivity index (χ0) is 22.9. The second-order valence-corrected chi connectivity index (χ2v) is 8.19. The summed E-state index contributed by atoms with van der Waals surface area (Å²) in [7, 11) is 0. The van der Waals surface area contributed by atoms with Crippen molar-refractivity contribution in [3.8, 4) is 5.75 Å². The predicted octanol–water partition coefficient (Wildman–Crippen LogP) is 5.80. The molecule has 1 saturated heterocycles. The van der Waals surface area contributed by atoms with E-state index in [4.69, 9.17) is 9.47 Å². The third kappa shape index (κ3) is 6.16. The molecule has 0 saturated carbocycles. The van der Waals surface area contributed by atoms with Gasteiger partial charge in [0.25, 0.3) is 0 Å². The van der Waals surface area contributed by atoms with Gasteiger partial charge < -0.3 is 24.8 Å². The van der Waals surface area contributed by atoms with Crippen molar-refractivity contribution in [1.82, 2.24) is 0 Å². The zero-order valence-electron chi connectivity index (χ0n) is 19.5. The average Bonchev–Trinajstić information content (AvgIpc) is 2.81. The van der Waals surface area contributed by atoms with E-state index in [1.165, 1.54) is 0 Å². The number of hydrogen-bond donors (Lipinski definition) is 2. The SMILES string of the molecule is CCOc1ccc(Nc2cc([C@H](CC)CC(=O)O)ccc2N(CC)C2CCOCC2)cc1. The molecule has 6 nitrogen and oxygen atoms in total. The lowest BCUT2D eigenvalue weighted by atomic mass is 9.92. The molecule has 1 fully saturated rings. The molecule has 3 rings (SSSR count). The van der Waals surface area contributed by atoms with Gasteiger partial charge in [0.15, 0.2) is 0 Å². The molecule has 0 radical (unpaired) electrons. The number of anilines is 3. The van der Waals surface area contributed by atoms with E-state index in [9.17, 15) is 9.90 Å². The van der Waals surface area contributed by atoms with Crippen LogP contribution in [0.5, 0.6) is 5.75 Å². The first-order valence-electron chi connectivity index (χ1n) is 11.8. The Bertz CT molecular complexity index is 863. The van der Waals surface area contributed by atoms with Gasteiger partial charge in [0.05, 0.1) is 24.4 Å². The summed E-state index contributed by atoms with van der Waals surface area (Å²) in [5.41, 5.74) is 4.17. The van der Waals surface area contributed by atoms with Crippen molar-refractivity contribution in [2.75, 3.05) is 36.6 Å². The normalized spacial score (nSPS) is 15.2. The highest BCUT2D eigenvalue weighted by Gasteiger charge is 2.24. The first-order valence-corrected chi connectivity index (χ1v) is 11.8. The summed E-state index contributed by atoms with van der Waals surface area (Å²) in [6.07, 6.45) is 2.94. The molecular formula is C26H36N2O4. The number of aliphatic carboxylic acids is 1. The van der Waals surface area contributed by atoms with Gasteiger partial charge >= 0.3 is 5.97 Å². The van der Waals surface area contributed by atoms with Gasteiger partial charge in [-0.2, -0.15) is 0 Å². The molecular weight excluding hydrogens is 404 g/mol. The van der Waals surface area contributed by atoms with Crippen LogP contribution in [0, 0.1) is 0 Å². The molecule has 0 spiro atoms. The topological polar surface area (TPSA) is 71.0 Å². The maximum Gasteiger partial charge on any atom is 0.303 e. The van der Waals surface area contributed by atoms with Gasteiger partial charge in [-0.3, -0.25) is 4.79 Å². The van der Waals surface area contributed by atoms with Crippen molar-refractivity contribution in [2.24, 2.45) is 0 Å². The molecule has 1 heterocycles. The van der Waals surface area contributed by atoms with Gasteiger partial charge in [0.1, 0.15) is 5.75 Å². The van der Waals surface area contributed by atoms with Gasteiger partial charge in [-0.1, -0.05) is 13.0 Å². The van der Waals surface area contributed by atoms with E-state index in [2.05, 4.69) is 35.3 Å². The predicted molar refractivity (Wildman–Crippen MR) is 129 cm³/mol. The Hall–Kier alpha value is -2.73. The number of rotatable bonds is 11. The summed E-state index contributed by atoms with van der Waals surface area (Å²) in [4.78, 5) is 13.8. The van der Waals surface area contributed by atoms with Gasteiger partial charge in [-0.25, -0.2) is 0 Å². The second kappa shape index (κ2) is 11.8. The number of hydrogen-bond acceptors (Lipinski definition) is 5. The van der Waals surface area contributed by atoms with E-state index in [1.807, 2.05) is 38.1 Å². The molecule has 2 aromatic rings. The summed E-state index contributed by atoms with van der Waals surface area (Å²) in [5, 5.41) is 12.9. The van der Waals surface area contributed by atoms with Crippen molar-refractivity contribution >= 4 is 23.0 Å². The molecule has 174 valence electrons. The third-order valence-electron chi connectivity index (χ3n) is 6.13. The molecule has 2 aromatic carbocycles. The molecule has 32 heavy (non-hydrogen) atoms. The molecule has 2 N–H and O–H groups in total. The minimum Gasteiger partial charge on any atom is -0.494 e. The van der Waals surface area contributed by atoms with Crippen LogP contribution in [0.2, 0.25) is 0 Å². The fourth-order valence-corrected chi connectivity index (χ4v) is 4.45. The number of benzene rings is 2. The minimum atomic E-state index is -0.765. The van der Waals surface area contributed by atoms with E-state index in [0.717, 1.165) is 67.4 Å². The molecule has 0 aliphatic carbocycles. The number of carboxylic acids is 1. The van der Waals surface area contributed by atoms with Crippen LogP contribution in [0.1, 0.15) is 57.9 Å². The quantitative estimate of drug-likeness (QED) is 0.460. The maximum absolute atomic E-state index is 11.4. The van der Waals surface area contributed by atoms with Gasteiger partial charge in [0.2, 0.25) is 0 Å². The van der Waals surface area contributed by atoms with Gasteiger partial charge in [-0.15, -0.1) is 0 Å². The van der Waals surface area contributed by atoms with Crippen LogP contribution >= 0.6 is 0 Å².